The summed E-state index contributed by atoms with van der Waals surface area (Å²) in [6.07, 6.45) is 2.19. The van der Waals surface area contributed by atoms with Gasteiger partial charge in [-0.15, -0.1) is 0 Å². The topological polar surface area (TPSA) is 98.1 Å². The molecule has 1 saturated heterocycles. The summed E-state index contributed by atoms with van der Waals surface area (Å²) >= 11 is 0. The first kappa shape index (κ1) is 16.6. The highest BCUT2D eigenvalue weighted by atomic mass is 32.2. The van der Waals surface area contributed by atoms with E-state index in [-0.39, 0.29) is 41.9 Å². The second-order valence-electron chi connectivity index (χ2n) is 6.08. The van der Waals surface area contributed by atoms with E-state index < -0.39 is 9.84 Å². The van der Waals surface area contributed by atoms with Crippen molar-refractivity contribution in [1.29, 1.82) is 0 Å². The number of nitrogens with zero attached hydrogens (tertiary/aromatic N) is 2. The molecule has 0 bridgehead atoms. The quantitative estimate of drug-likeness (QED) is 0.839. The predicted molar refractivity (Wildman–Crippen MR) is 90.4 cm³/mol. The van der Waals surface area contributed by atoms with Gasteiger partial charge in [0.05, 0.1) is 28.7 Å². The largest absolute Gasteiger partial charge is 0.356 e. The number of sulfone groups is 1. The van der Waals surface area contributed by atoms with Crippen molar-refractivity contribution in [2.24, 2.45) is 5.92 Å². The normalized spacial score (nSPS) is 19.4. The van der Waals surface area contributed by atoms with Crippen molar-refractivity contribution in [3.8, 4) is 0 Å². The minimum atomic E-state index is -2.93. The van der Waals surface area contributed by atoms with Crippen LogP contribution < -0.4 is 10.9 Å². The van der Waals surface area contributed by atoms with Crippen LogP contribution in [-0.2, 0) is 21.2 Å². The van der Waals surface area contributed by atoms with Gasteiger partial charge in [0.2, 0.25) is 5.91 Å². The number of aryl methyl sites for hydroxylation is 1. The Balaban J connectivity index is 1.55. The van der Waals surface area contributed by atoms with Gasteiger partial charge in [-0.05, 0) is 24.5 Å². The van der Waals surface area contributed by atoms with Crippen molar-refractivity contribution < 1.29 is 13.2 Å². The van der Waals surface area contributed by atoms with Crippen molar-refractivity contribution in [2.75, 3.05) is 18.1 Å². The standard InChI is InChI=1S/C16H19N3O4S/c20-15(17-9-12-6-8-24(22,23)10-12)5-7-19-11-18-14-4-2-1-3-13(14)16(19)21/h1-4,11-12H,5-10H2,(H,17,20). The summed E-state index contributed by atoms with van der Waals surface area (Å²) < 4.78 is 24.2. The number of hydrogen-bond acceptors (Lipinski definition) is 5. The lowest BCUT2D eigenvalue weighted by Gasteiger charge is -2.10. The van der Waals surface area contributed by atoms with Crippen LogP contribution in [0.2, 0.25) is 0 Å². The van der Waals surface area contributed by atoms with E-state index in [1.54, 1.807) is 18.2 Å². The van der Waals surface area contributed by atoms with E-state index in [9.17, 15) is 18.0 Å². The minimum Gasteiger partial charge on any atom is -0.356 e. The summed E-state index contributed by atoms with van der Waals surface area (Å²) in [4.78, 5) is 28.4. The summed E-state index contributed by atoms with van der Waals surface area (Å²) in [5.41, 5.74) is 0.459. The van der Waals surface area contributed by atoms with Gasteiger partial charge in [-0.25, -0.2) is 13.4 Å². The average molecular weight is 349 g/mol. The molecule has 1 aliphatic heterocycles. The third kappa shape index (κ3) is 3.81. The van der Waals surface area contributed by atoms with Crippen LogP contribution in [-0.4, -0.2) is 41.9 Å². The van der Waals surface area contributed by atoms with E-state index >= 15 is 0 Å². The number of nitrogens with one attached hydrogen (secondary N) is 1. The Morgan fingerprint density at radius 3 is 2.88 bits per heavy atom. The maximum Gasteiger partial charge on any atom is 0.261 e. The Bertz CT molecular complexity index is 920. The molecule has 1 unspecified atom stereocenters. The first-order chi connectivity index (χ1) is 11.4. The van der Waals surface area contributed by atoms with Crippen LogP contribution in [0, 0.1) is 5.92 Å². The molecule has 2 heterocycles. The molecule has 0 saturated carbocycles. The highest BCUT2D eigenvalue weighted by molar-refractivity contribution is 7.91. The number of fused-ring (bicyclic) bond motifs is 1. The van der Waals surface area contributed by atoms with E-state index in [2.05, 4.69) is 10.3 Å². The maximum absolute atomic E-state index is 12.3. The molecule has 0 radical (unpaired) electrons. The summed E-state index contributed by atoms with van der Waals surface area (Å²) in [6.45, 7) is 0.606. The molecule has 1 aromatic carbocycles. The molecule has 1 fully saturated rings. The molecule has 0 spiro atoms. The summed E-state index contributed by atoms with van der Waals surface area (Å²) in [6, 6.07) is 7.07. The maximum atomic E-state index is 12.3. The van der Waals surface area contributed by atoms with Crippen LogP contribution in [0.5, 0.6) is 0 Å². The molecule has 7 nitrogen and oxygen atoms in total. The van der Waals surface area contributed by atoms with Crippen LogP contribution in [0.3, 0.4) is 0 Å². The lowest BCUT2D eigenvalue weighted by atomic mass is 10.1. The Kier molecular flexibility index (Phi) is 4.66. The van der Waals surface area contributed by atoms with Crippen molar-refractivity contribution in [1.82, 2.24) is 14.9 Å². The average Bonchev–Trinajstić information content (AvgIpc) is 2.92. The van der Waals surface area contributed by atoms with Crippen molar-refractivity contribution >= 4 is 26.6 Å². The molecule has 1 N–H and O–H groups in total. The molecule has 0 aliphatic carbocycles. The van der Waals surface area contributed by atoms with Gasteiger partial charge in [-0.3, -0.25) is 14.2 Å². The number of aromatic nitrogens is 2. The highest BCUT2D eigenvalue weighted by Crippen LogP contribution is 2.17. The summed E-state index contributed by atoms with van der Waals surface area (Å²) in [5.74, 6) is 0.135. The second-order valence-corrected chi connectivity index (χ2v) is 8.31. The van der Waals surface area contributed by atoms with E-state index in [0.717, 1.165) is 0 Å². The minimum absolute atomic E-state index is 0.0102. The van der Waals surface area contributed by atoms with Gasteiger partial charge in [0.15, 0.2) is 9.84 Å². The molecule has 3 rings (SSSR count). The van der Waals surface area contributed by atoms with Crippen molar-refractivity contribution in [3.05, 3.63) is 40.9 Å². The molecule has 8 heteroatoms. The molecule has 24 heavy (non-hydrogen) atoms. The third-order valence-electron chi connectivity index (χ3n) is 4.23. The Hall–Kier alpha value is -2.22. The van der Waals surface area contributed by atoms with Crippen LogP contribution in [0.25, 0.3) is 10.9 Å². The number of carbonyl (C=O) groups is 1. The molecule has 1 atom stereocenters. The number of carbonyl (C=O) groups excluding carboxylic acids is 1. The molecule has 128 valence electrons. The Labute approximate surface area is 139 Å². The van der Waals surface area contributed by atoms with Crippen molar-refractivity contribution in [2.45, 2.75) is 19.4 Å². The monoisotopic (exact) mass is 349 g/mol. The molecular formula is C16H19N3O4S. The Morgan fingerprint density at radius 1 is 1.33 bits per heavy atom. The number of amides is 1. The van der Waals surface area contributed by atoms with Gasteiger partial charge in [0.25, 0.3) is 5.56 Å². The first-order valence-electron chi connectivity index (χ1n) is 7.86. The van der Waals surface area contributed by atoms with Crippen LogP contribution in [0.4, 0.5) is 0 Å². The molecule has 1 aromatic heterocycles. The van der Waals surface area contributed by atoms with Crippen LogP contribution in [0.1, 0.15) is 12.8 Å². The van der Waals surface area contributed by atoms with E-state index in [1.165, 1.54) is 10.9 Å². The molecule has 1 aliphatic rings. The van der Waals surface area contributed by atoms with E-state index in [0.29, 0.717) is 23.9 Å². The molecular weight excluding hydrogens is 330 g/mol. The third-order valence-corrected chi connectivity index (χ3v) is 6.06. The second kappa shape index (κ2) is 6.72. The number of benzene rings is 1. The Morgan fingerprint density at radius 2 is 2.12 bits per heavy atom. The van der Waals surface area contributed by atoms with Crippen molar-refractivity contribution in [3.63, 3.8) is 0 Å². The number of rotatable bonds is 5. The SMILES string of the molecule is O=C(CCn1cnc2ccccc2c1=O)NCC1CCS(=O)(=O)C1. The lowest BCUT2D eigenvalue weighted by molar-refractivity contribution is -0.121. The van der Waals surface area contributed by atoms with Gasteiger partial charge in [-0.2, -0.15) is 0 Å². The van der Waals surface area contributed by atoms with Crippen LogP contribution >= 0.6 is 0 Å². The van der Waals surface area contributed by atoms with Gasteiger partial charge < -0.3 is 5.32 Å². The summed E-state index contributed by atoms with van der Waals surface area (Å²) in [7, 11) is -2.93. The number of para-hydroxylation sites is 1. The van der Waals surface area contributed by atoms with E-state index in [1.807, 2.05) is 6.07 Å². The summed E-state index contributed by atoms with van der Waals surface area (Å²) in [5, 5.41) is 3.27. The fraction of sp³-hybridized carbons (Fsp3) is 0.438. The molecule has 1 amide bonds. The fourth-order valence-corrected chi connectivity index (χ4v) is 4.73. The van der Waals surface area contributed by atoms with Gasteiger partial charge in [-0.1, -0.05) is 12.1 Å². The predicted octanol–water partition coefficient (Wildman–Crippen LogP) is 0.337. The zero-order valence-electron chi connectivity index (χ0n) is 13.1. The smallest absolute Gasteiger partial charge is 0.261 e. The zero-order valence-corrected chi connectivity index (χ0v) is 14.0. The lowest BCUT2D eigenvalue weighted by Crippen LogP contribution is -2.31. The highest BCUT2D eigenvalue weighted by Gasteiger charge is 2.27. The fourth-order valence-electron chi connectivity index (χ4n) is 2.87. The number of hydrogen-bond donors (Lipinski definition) is 1. The van der Waals surface area contributed by atoms with E-state index in [4.69, 9.17) is 0 Å². The van der Waals surface area contributed by atoms with Gasteiger partial charge in [0.1, 0.15) is 0 Å². The van der Waals surface area contributed by atoms with Gasteiger partial charge >= 0.3 is 0 Å². The molecule has 2 aromatic rings. The first-order valence-corrected chi connectivity index (χ1v) is 9.68. The van der Waals surface area contributed by atoms with Gasteiger partial charge in [0, 0.05) is 19.5 Å². The van der Waals surface area contributed by atoms with Crippen LogP contribution in [0.15, 0.2) is 35.4 Å². The zero-order chi connectivity index (χ0) is 17.2.